The van der Waals surface area contributed by atoms with Crippen LogP contribution in [-0.2, 0) is 17.8 Å². The summed E-state index contributed by atoms with van der Waals surface area (Å²) in [7, 11) is 0. The Bertz CT molecular complexity index is 1090. The SMILES string of the molecule is NC(=O)N1c2cc[c]cc2COC1N(c1ccccc1)C1CCc2cc(F)ccc21. The molecule has 2 aliphatic rings. The van der Waals surface area contributed by atoms with Gasteiger partial charge in [-0.1, -0.05) is 30.3 Å². The minimum absolute atomic E-state index is 0.0772. The van der Waals surface area contributed by atoms with Gasteiger partial charge < -0.3 is 15.4 Å². The highest BCUT2D eigenvalue weighted by molar-refractivity contribution is 5.93. The van der Waals surface area contributed by atoms with Crippen LogP contribution in [0.5, 0.6) is 0 Å². The molecule has 2 amide bonds. The van der Waals surface area contributed by atoms with Crippen LogP contribution >= 0.6 is 0 Å². The topological polar surface area (TPSA) is 58.8 Å². The van der Waals surface area contributed by atoms with Crippen LogP contribution in [0, 0.1) is 11.9 Å². The van der Waals surface area contributed by atoms with E-state index in [4.69, 9.17) is 10.5 Å². The van der Waals surface area contributed by atoms with Crippen LogP contribution in [-0.4, -0.2) is 12.4 Å². The lowest BCUT2D eigenvalue weighted by atomic mass is 10.1. The number of aryl methyl sites for hydroxylation is 1. The fraction of sp³-hybridized carbons (Fsp3) is 0.208. The number of halogens is 1. The molecule has 0 saturated heterocycles. The molecule has 1 aliphatic heterocycles. The summed E-state index contributed by atoms with van der Waals surface area (Å²) in [6.45, 7) is 0.341. The van der Waals surface area contributed by atoms with E-state index in [-0.39, 0.29) is 11.9 Å². The molecule has 6 heteroatoms. The number of anilines is 2. The summed E-state index contributed by atoms with van der Waals surface area (Å²) in [4.78, 5) is 16.1. The van der Waals surface area contributed by atoms with E-state index in [9.17, 15) is 9.18 Å². The van der Waals surface area contributed by atoms with Crippen LogP contribution in [0.2, 0.25) is 0 Å². The van der Waals surface area contributed by atoms with E-state index in [1.165, 1.54) is 11.0 Å². The molecule has 5 rings (SSSR count). The zero-order valence-corrected chi connectivity index (χ0v) is 16.3. The number of urea groups is 1. The van der Waals surface area contributed by atoms with Crippen molar-refractivity contribution in [2.75, 3.05) is 9.80 Å². The van der Waals surface area contributed by atoms with Gasteiger partial charge in [-0.3, -0.25) is 0 Å². The zero-order valence-electron chi connectivity index (χ0n) is 16.3. The molecule has 1 radical (unpaired) electrons. The quantitative estimate of drug-likeness (QED) is 0.701. The molecule has 0 spiro atoms. The first-order chi connectivity index (χ1) is 14.6. The first-order valence-corrected chi connectivity index (χ1v) is 9.94. The molecule has 3 aromatic carbocycles. The van der Waals surface area contributed by atoms with Crippen molar-refractivity contribution in [2.45, 2.75) is 31.8 Å². The van der Waals surface area contributed by atoms with Crippen LogP contribution in [0.15, 0.2) is 66.7 Å². The van der Waals surface area contributed by atoms with Gasteiger partial charge in [-0.15, -0.1) is 0 Å². The Labute approximate surface area is 174 Å². The number of hydrogen-bond donors (Lipinski definition) is 1. The maximum Gasteiger partial charge on any atom is 0.322 e. The number of fused-ring (bicyclic) bond motifs is 2. The molecule has 1 aliphatic carbocycles. The minimum atomic E-state index is -0.721. The van der Waals surface area contributed by atoms with E-state index >= 15 is 0 Å². The summed E-state index contributed by atoms with van der Waals surface area (Å²) in [5.74, 6) is -0.237. The number of carbonyl (C=O) groups is 1. The molecule has 151 valence electrons. The van der Waals surface area contributed by atoms with Gasteiger partial charge in [-0.2, -0.15) is 0 Å². The van der Waals surface area contributed by atoms with Crippen molar-refractivity contribution in [3.05, 3.63) is 95.3 Å². The van der Waals surface area contributed by atoms with E-state index in [1.807, 2.05) is 48.5 Å². The smallest absolute Gasteiger partial charge is 0.322 e. The number of benzene rings is 3. The van der Waals surface area contributed by atoms with Crippen LogP contribution in [0.1, 0.15) is 29.2 Å². The van der Waals surface area contributed by atoms with Gasteiger partial charge in [0.1, 0.15) is 5.82 Å². The number of rotatable bonds is 3. The Balaban J connectivity index is 1.63. The summed E-state index contributed by atoms with van der Waals surface area (Å²) < 4.78 is 20.0. The van der Waals surface area contributed by atoms with Gasteiger partial charge in [0.25, 0.3) is 0 Å². The number of hydrogen-bond acceptors (Lipinski definition) is 3. The van der Waals surface area contributed by atoms with E-state index in [2.05, 4.69) is 11.0 Å². The zero-order chi connectivity index (χ0) is 20.7. The Hall–Kier alpha value is -3.38. The van der Waals surface area contributed by atoms with Crippen molar-refractivity contribution in [2.24, 2.45) is 5.73 Å². The van der Waals surface area contributed by atoms with Gasteiger partial charge in [0, 0.05) is 11.3 Å². The number of primary amides is 1. The third-order valence-electron chi connectivity index (χ3n) is 5.81. The number of nitrogens with zero attached hydrogens (tertiary/aromatic N) is 2. The molecule has 0 fully saturated rings. The Morgan fingerprint density at radius 3 is 2.80 bits per heavy atom. The Morgan fingerprint density at radius 2 is 2.00 bits per heavy atom. The van der Waals surface area contributed by atoms with Crippen LogP contribution in [0.25, 0.3) is 0 Å². The average molecular weight is 402 g/mol. The lowest BCUT2D eigenvalue weighted by molar-refractivity contribution is 0.0260. The van der Waals surface area contributed by atoms with Gasteiger partial charge in [-0.05, 0) is 66.4 Å². The summed E-state index contributed by atoms with van der Waals surface area (Å²) in [5, 5.41) is 0. The maximum absolute atomic E-state index is 13.8. The summed E-state index contributed by atoms with van der Waals surface area (Å²) in [6.07, 6.45) is 0.826. The predicted octanol–water partition coefficient (Wildman–Crippen LogP) is 4.52. The summed E-state index contributed by atoms with van der Waals surface area (Å²) in [6, 6.07) is 22.5. The molecule has 2 atom stereocenters. The first-order valence-electron chi connectivity index (χ1n) is 9.94. The van der Waals surface area contributed by atoms with Crippen molar-refractivity contribution >= 4 is 17.4 Å². The van der Waals surface area contributed by atoms with Gasteiger partial charge in [0.15, 0.2) is 0 Å². The second-order valence-corrected chi connectivity index (χ2v) is 7.54. The molecule has 2 N–H and O–H groups in total. The number of amides is 2. The second-order valence-electron chi connectivity index (χ2n) is 7.54. The molecule has 30 heavy (non-hydrogen) atoms. The lowest BCUT2D eigenvalue weighted by Gasteiger charge is -2.45. The van der Waals surface area contributed by atoms with Gasteiger partial charge in [0.2, 0.25) is 6.35 Å². The highest BCUT2D eigenvalue weighted by Crippen LogP contribution is 2.42. The van der Waals surface area contributed by atoms with Crippen molar-refractivity contribution < 1.29 is 13.9 Å². The predicted molar refractivity (Wildman–Crippen MR) is 112 cm³/mol. The van der Waals surface area contributed by atoms with E-state index in [0.29, 0.717) is 6.61 Å². The van der Waals surface area contributed by atoms with Crippen molar-refractivity contribution in [3.8, 4) is 0 Å². The fourth-order valence-electron chi connectivity index (χ4n) is 4.51. The minimum Gasteiger partial charge on any atom is -0.351 e. The molecular formula is C24H21FN3O2. The maximum atomic E-state index is 13.8. The van der Waals surface area contributed by atoms with E-state index in [1.54, 1.807) is 12.1 Å². The molecule has 0 saturated carbocycles. The number of ether oxygens (including phenoxy) is 1. The first kappa shape index (κ1) is 18.6. The van der Waals surface area contributed by atoms with Crippen LogP contribution < -0.4 is 15.5 Å². The molecule has 0 aromatic heterocycles. The summed E-state index contributed by atoms with van der Waals surface area (Å²) in [5.41, 5.74) is 10.3. The highest BCUT2D eigenvalue weighted by atomic mass is 19.1. The van der Waals surface area contributed by atoms with E-state index < -0.39 is 12.4 Å². The second kappa shape index (κ2) is 7.46. The highest BCUT2D eigenvalue weighted by Gasteiger charge is 2.40. The number of carbonyl (C=O) groups excluding carboxylic acids is 1. The summed E-state index contributed by atoms with van der Waals surface area (Å²) >= 11 is 0. The largest absolute Gasteiger partial charge is 0.351 e. The molecule has 5 nitrogen and oxygen atoms in total. The fourth-order valence-corrected chi connectivity index (χ4v) is 4.51. The van der Waals surface area contributed by atoms with Crippen molar-refractivity contribution in [1.29, 1.82) is 0 Å². The molecule has 0 bridgehead atoms. The Morgan fingerprint density at radius 1 is 1.17 bits per heavy atom. The van der Waals surface area contributed by atoms with Crippen molar-refractivity contribution in [3.63, 3.8) is 0 Å². The molecule has 1 heterocycles. The lowest BCUT2D eigenvalue weighted by Crippen LogP contribution is -2.57. The van der Waals surface area contributed by atoms with E-state index in [0.717, 1.165) is 40.9 Å². The third-order valence-corrected chi connectivity index (χ3v) is 5.81. The van der Waals surface area contributed by atoms with Crippen molar-refractivity contribution in [1.82, 2.24) is 0 Å². The number of nitrogens with two attached hydrogens (primary N) is 1. The molecular weight excluding hydrogens is 381 g/mol. The monoisotopic (exact) mass is 402 g/mol. The van der Waals surface area contributed by atoms with Crippen LogP contribution in [0.3, 0.4) is 0 Å². The standard InChI is InChI=1S/C24H21FN3O2/c25-18-11-12-20-16(14-18)10-13-22(20)27(19-7-2-1-3-8-19)24-28(23(26)29)21-9-5-4-6-17(21)15-30-24/h1-3,5-9,11-12,14,22,24H,10,13,15H2,(H2,26,29). The average Bonchev–Trinajstić information content (AvgIpc) is 3.17. The normalized spacial score (nSPS) is 19.8. The van der Waals surface area contributed by atoms with Gasteiger partial charge in [-0.25, -0.2) is 14.1 Å². The van der Waals surface area contributed by atoms with Gasteiger partial charge >= 0.3 is 6.03 Å². The third kappa shape index (κ3) is 3.09. The molecule has 2 unspecified atom stereocenters. The Kier molecular flexibility index (Phi) is 4.64. The number of para-hydroxylation sites is 1. The molecule has 3 aromatic rings. The van der Waals surface area contributed by atoms with Gasteiger partial charge in [0.05, 0.1) is 18.3 Å². The van der Waals surface area contributed by atoms with Crippen LogP contribution in [0.4, 0.5) is 20.6 Å².